The van der Waals surface area contributed by atoms with Gasteiger partial charge in [0.15, 0.2) is 0 Å². The Kier molecular flexibility index (Phi) is 3.44. The first-order valence-electron chi connectivity index (χ1n) is 6.06. The number of fused-ring (bicyclic) bond motifs is 1. The molecule has 0 saturated heterocycles. The van der Waals surface area contributed by atoms with E-state index in [9.17, 15) is 4.79 Å². The van der Waals surface area contributed by atoms with Crippen molar-refractivity contribution in [3.05, 3.63) is 40.9 Å². The molecule has 5 N–H and O–H groups in total. The number of nitrogens with zero attached hydrogens (tertiary/aromatic N) is 2. The molecule has 106 valence electrons. The van der Waals surface area contributed by atoms with E-state index >= 15 is 0 Å². The van der Waals surface area contributed by atoms with Crippen molar-refractivity contribution in [2.45, 2.75) is 0 Å². The van der Waals surface area contributed by atoms with E-state index in [2.05, 4.69) is 42.0 Å². The van der Waals surface area contributed by atoms with Gasteiger partial charge in [0.25, 0.3) is 0 Å². The lowest BCUT2D eigenvalue weighted by atomic mass is 10.2. The van der Waals surface area contributed by atoms with Crippen LogP contribution in [0, 0.1) is 0 Å². The zero-order valence-corrected chi connectivity index (χ0v) is 12.3. The van der Waals surface area contributed by atoms with Gasteiger partial charge in [0.05, 0.1) is 17.1 Å². The van der Waals surface area contributed by atoms with Gasteiger partial charge in [0.2, 0.25) is 0 Å². The summed E-state index contributed by atoms with van der Waals surface area (Å²) in [6.07, 6.45) is 0. The second-order valence-corrected chi connectivity index (χ2v) is 5.14. The Bertz CT molecular complexity index is 815. The molecular formula is C13H11BrN6O. The number of aromatic nitrogens is 3. The van der Waals surface area contributed by atoms with Gasteiger partial charge < -0.3 is 16.4 Å². The molecule has 0 aliphatic heterocycles. The fourth-order valence-electron chi connectivity index (χ4n) is 1.89. The summed E-state index contributed by atoms with van der Waals surface area (Å²) in [6, 6.07) is 10.3. The van der Waals surface area contributed by atoms with Crippen LogP contribution in [0.15, 0.2) is 40.9 Å². The van der Waals surface area contributed by atoms with Gasteiger partial charge in [-0.1, -0.05) is 12.1 Å². The van der Waals surface area contributed by atoms with E-state index < -0.39 is 0 Å². The number of carbonyl (C=O) groups is 1. The molecule has 0 saturated carbocycles. The number of anilines is 3. The number of rotatable bonds is 2. The minimum Gasteiger partial charge on any atom is -0.397 e. The normalized spacial score (nSPS) is 10.5. The summed E-state index contributed by atoms with van der Waals surface area (Å²) in [4.78, 5) is 12.1. The Morgan fingerprint density at radius 3 is 2.57 bits per heavy atom. The third kappa shape index (κ3) is 2.65. The molecule has 0 atom stereocenters. The number of H-pyrrole nitrogens is 1. The number of carbonyl (C=O) groups excluding carboxylic acids is 1. The van der Waals surface area contributed by atoms with Crippen LogP contribution in [0.1, 0.15) is 0 Å². The highest BCUT2D eigenvalue weighted by Crippen LogP contribution is 2.25. The average molecular weight is 347 g/mol. The maximum Gasteiger partial charge on any atom is 0.323 e. The molecule has 0 radical (unpaired) electrons. The highest BCUT2D eigenvalue weighted by atomic mass is 79.9. The highest BCUT2D eigenvalue weighted by molar-refractivity contribution is 9.10. The summed E-state index contributed by atoms with van der Waals surface area (Å²) >= 11 is 3.37. The van der Waals surface area contributed by atoms with Crippen molar-refractivity contribution in [3.63, 3.8) is 0 Å². The molecule has 2 aromatic carbocycles. The number of nitrogen functional groups attached to an aromatic ring is 1. The lowest BCUT2D eigenvalue weighted by Gasteiger charge is -2.09. The monoisotopic (exact) mass is 346 g/mol. The Morgan fingerprint density at radius 1 is 1.05 bits per heavy atom. The summed E-state index contributed by atoms with van der Waals surface area (Å²) in [5.74, 6) is 0. The fraction of sp³-hybridized carbons (Fsp3) is 0. The Labute approximate surface area is 128 Å². The maximum absolute atomic E-state index is 12.1. The molecule has 0 bridgehead atoms. The van der Waals surface area contributed by atoms with Crippen LogP contribution in [0.4, 0.5) is 21.9 Å². The van der Waals surface area contributed by atoms with Crippen LogP contribution in [-0.4, -0.2) is 21.4 Å². The van der Waals surface area contributed by atoms with Gasteiger partial charge >= 0.3 is 6.03 Å². The van der Waals surface area contributed by atoms with Gasteiger partial charge in [-0.05, 0) is 40.2 Å². The van der Waals surface area contributed by atoms with Gasteiger partial charge in [-0.3, -0.25) is 0 Å². The fourth-order valence-corrected chi connectivity index (χ4v) is 2.27. The van der Waals surface area contributed by atoms with E-state index in [1.165, 1.54) is 0 Å². The van der Waals surface area contributed by atoms with Gasteiger partial charge in [-0.15, -0.1) is 0 Å². The molecule has 2 amide bonds. The molecule has 3 aromatic rings. The molecule has 0 aliphatic rings. The smallest absolute Gasteiger partial charge is 0.323 e. The van der Waals surface area contributed by atoms with Gasteiger partial charge in [0, 0.05) is 4.47 Å². The predicted molar refractivity (Wildman–Crippen MR) is 85.1 cm³/mol. The van der Waals surface area contributed by atoms with Gasteiger partial charge in [-0.2, -0.15) is 15.4 Å². The molecule has 8 heteroatoms. The molecule has 0 spiro atoms. The number of amides is 2. The number of nitrogens with one attached hydrogen (secondary N) is 3. The highest BCUT2D eigenvalue weighted by Gasteiger charge is 2.11. The molecule has 21 heavy (non-hydrogen) atoms. The molecular weight excluding hydrogens is 336 g/mol. The zero-order chi connectivity index (χ0) is 14.8. The van der Waals surface area contributed by atoms with E-state index in [1.54, 1.807) is 18.2 Å². The first-order valence-corrected chi connectivity index (χ1v) is 6.86. The number of hydrogen-bond donors (Lipinski definition) is 4. The minimum absolute atomic E-state index is 0.379. The number of urea groups is 1. The Hall–Kier alpha value is -2.61. The summed E-state index contributed by atoms with van der Waals surface area (Å²) in [5.41, 5.74) is 8.51. The van der Waals surface area contributed by atoms with Crippen LogP contribution >= 0.6 is 15.9 Å². The SMILES string of the molecule is Nc1ccc(NC(=O)Nc2ccccc2Br)c2n[nH]nc12. The molecule has 0 fully saturated rings. The zero-order valence-electron chi connectivity index (χ0n) is 10.7. The van der Waals surface area contributed by atoms with E-state index in [1.807, 2.05) is 18.2 Å². The van der Waals surface area contributed by atoms with Crippen molar-refractivity contribution in [2.24, 2.45) is 0 Å². The third-order valence-electron chi connectivity index (χ3n) is 2.88. The summed E-state index contributed by atoms with van der Waals surface area (Å²) < 4.78 is 0.795. The topological polar surface area (TPSA) is 109 Å². The lowest BCUT2D eigenvalue weighted by Crippen LogP contribution is -2.19. The number of nitrogens with two attached hydrogens (primary N) is 1. The van der Waals surface area contributed by atoms with E-state index in [0.717, 1.165) is 4.47 Å². The van der Waals surface area contributed by atoms with Crippen molar-refractivity contribution in [1.82, 2.24) is 15.4 Å². The van der Waals surface area contributed by atoms with E-state index in [0.29, 0.717) is 28.1 Å². The van der Waals surface area contributed by atoms with Gasteiger partial charge in [0.1, 0.15) is 11.0 Å². The quantitative estimate of drug-likeness (QED) is 0.535. The number of para-hydroxylation sites is 1. The van der Waals surface area contributed by atoms with Crippen LogP contribution in [0.25, 0.3) is 11.0 Å². The number of halogens is 1. The largest absolute Gasteiger partial charge is 0.397 e. The molecule has 1 heterocycles. The van der Waals surface area contributed by atoms with Crippen molar-refractivity contribution < 1.29 is 4.79 Å². The maximum atomic E-state index is 12.1. The molecule has 7 nitrogen and oxygen atoms in total. The Balaban J connectivity index is 1.82. The van der Waals surface area contributed by atoms with Crippen LogP contribution < -0.4 is 16.4 Å². The van der Waals surface area contributed by atoms with Crippen molar-refractivity contribution in [3.8, 4) is 0 Å². The molecule has 3 rings (SSSR count). The molecule has 0 aliphatic carbocycles. The first-order chi connectivity index (χ1) is 10.1. The standard InChI is InChI=1S/C13H11BrN6O/c14-7-3-1-2-4-9(7)16-13(21)17-10-6-5-8(15)11-12(10)19-20-18-11/h1-6H,15H2,(H2,16,17,21)(H,18,19,20). The van der Waals surface area contributed by atoms with Crippen LogP contribution in [0.3, 0.4) is 0 Å². The summed E-state index contributed by atoms with van der Waals surface area (Å²) in [5, 5.41) is 15.9. The van der Waals surface area contributed by atoms with E-state index in [4.69, 9.17) is 5.73 Å². The molecule has 1 aromatic heterocycles. The van der Waals surface area contributed by atoms with Crippen LogP contribution in [0.5, 0.6) is 0 Å². The lowest BCUT2D eigenvalue weighted by molar-refractivity contribution is 0.262. The number of aromatic amines is 1. The Morgan fingerprint density at radius 2 is 1.76 bits per heavy atom. The third-order valence-corrected chi connectivity index (χ3v) is 3.57. The van der Waals surface area contributed by atoms with E-state index in [-0.39, 0.29) is 6.03 Å². The first kappa shape index (κ1) is 13.4. The van der Waals surface area contributed by atoms with Crippen molar-refractivity contribution in [1.29, 1.82) is 0 Å². The summed E-state index contributed by atoms with van der Waals surface area (Å²) in [6.45, 7) is 0. The predicted octanol–water partition coefficient (Wildman–Crippen LogP) is 2.95. The van der Waals surface area contributed by atoms with Gasteiger partial charge in [-0.25, -0.2) is 4.79 Å². The average Bonchev–Trinajstić information content (AvgIpc) is 2.95. The summed E-state index contributed by atoms with van der Waals surface area (Å²) in [7, 11) is 0. The number of hydrogen-bond acceptors (Lipinski definition) is 4. The van der Waals surface area contributed by atoms with Crippen molar-refractivity contribution >= 4 is 50.1 Å². The van der Waals surface area contributed by atoms with Crippen LogP contribution in [-0.2, 0) is 0 Å². The van der Waals surface area contributed by atoms with Crippen LogP contribution in [0.2, 0.25) is 0 Å². The second-order valence-electron chi connectivity index (χ2n) is 4.28. The molecule has 0 unspecified atom stereocenters. The minimum atomic E-state index is -0.379. The van der Waals surface area contributed by atoms with Crippen molar-refractivity contribution in [2.75, 3.05) is 16.4 Å². The number of benzene rings is 2. The second kappa shape index (κ2) is 5.41.